The maximum absolute atomic E-state index is 12.6. The van der Waals surface area contributed by atoms with Gasteiger partial charge in [-0.2, -0.15) is 0 Å². The largest absolute Gasteiger partial charge is 0.444 e. The van der Waals surface area contributed by atoms with Crippen molar-refractivity contribution >= 4 is 33.8 Å². The van der Waals surface area contributed by atoms with E-state index in [1.54, 1.807) is 45.0 Å². The first-order chi connectivity index (χ1) is 14.2. The quantitative estimate of drug-likeness (QED) is 0.287. The van der Waals surface area contributed by atoms with Gasteiger partial charge in [0.25, 0.3) is 0 Å². The number of ether oxygens (including phenoxy) is 2. The normalized spacial score (nSPS) is 12.5. The van der Waals surface area contributed by atoms with Crippen LogP contribution in [0.15, 0.2) is 51.7 Å². The summed E-state index contributed by atoms with van der Waals surface area (Å²) in [5, 5.41) is 4.54. The number of hydrogen-bond donors (Lipinski definition) is 1. The number of fused-ring (bicyclic) bond motifs is 3. The average Bonchev–Trinajstić information content (AvgIpc) is 2.66. The molecule has 1 heterocycles. The van der Waals surface area contributed by atoms with Gasteiger partial charge in [0.1, 0.15) is 23.0 Å². The highest BCUT2D eigenvalue weighted by Crippen LogP contribution is 2.26. The van der Waals surface area contributed by atoms with Crippen LogP contribution in [0, 0.1) is 0 Å². The Balaban J connectivity index is 1.83. The van der Waals surface area contributed by atoms with Gasteiger partial charge in [-0.05, 0) is 50.8 Å². The Morgan fingerprint density at radius 1 is 1.07 bits per heavy atom. The van der Waals surface area contributed by atoms with Crippen LogP contribution in [0.1, 0.15) is 40.5 Å². The molecule has 0 saturated carbocycles. The molecule has 3 aromatic rings. The molecule has 7 heteroatoms. The summed E-state index contributed by atoms with van der Waals surface area (Å²) in [6.07, 6.45) is 0.369. The van der Waals surface area contributed by atoms with Crippen LogP contribution in [0.4, 0.5) is 4.79 Å². The second kappa shape index (κ2) is 8.57. The lowest BCUT2D eigenvalue weighted by Gasteiger charge is -2.22. The lowest BCUT2D eigenvalue weighted by molar-refractivity contribution is -0.137. The predicted molar refractivity (Wildman–Crippen MR) is 114 cm³/mol. The van der Waals surface area contributed by atoms with Crippen LogP contribution in [0.3, 0.4) is 0 Å². The van der Waals surface area contributed by atoms with E-state index in [0.717, 1.165) is 10.8 Å². The molecular formula is C23H25NO6. The van der Waals surface area contributed by atoms with Crippen LogP contribution in [0.5, 0.6) is 5.75 Å². The fourth-order valence-electron chi connectivity index (χ4n) is 3.10. The van der Waals surface area contributed by atoms with E-state index < -0.39 is 29.3 Å². The minimum atomic E-state index is -0.857. The summed E-state index contributed by atoms with van der Waals surface area (Å²) < 4.78 is 16.1. The van der Waals surface area contributed by atoms with Crippen molar-refractivity contribution in [2.45, 2.75) is 52.2 Å². The van der Waals surface area contributed by atoms with Crippen molar-refractivity contribution in [2.75, 3.05) is 0 Å². The van der Waals surface area contributed by atoms with E-state index >= 15 is 0 Å². The predicted octanol–water partition coefficient (Wildman–Crippen LogP) is 4.55. The Bertz CT molecular complexity index is 1140. The highest BCUT2D eigenvalue weighted by atomic mass is 16.6. The van der Waals surface area contributed by atoms with Crippen molar-refractivity contribution in [1.82, 2.24) is 5.32 Å². The number of nitrogens with one attached hydrogen (secondary N) is 1. The van der Waals surface area contributed by atoms with Crippen molar-refractivity contribution in [3.63, 3.8) is 0 Å². The molecule has 1 aromatic heterocycles. The Morgan fingerprint density at radius 3 is 2.43 bits per heavy atom. The Morgan fingerprint density at radius 2 is 1.77 bits per heavy atom. The Labute approximate surface area is 174 Å². The molecule has 1 N–H and O–H groups in total. The van der Waals surface area contributed by atoms with Gasteiger partial charge >= 0.3 is 17.7 Å². The minimum absolute atomic E-state index is 0.220. The van der Waals surface area contributed by atoms with E-state index in [1.807, 2.05) is 19.1 Å². The lowest BCUT2D eigenvalue weighted by atomic mass is 10.1. The summed E-state index contributed by atoms with van der Waals surface area (Å²) in [5.41, 5.74) is -0.822. The van der Waals surface area contributed by atoms with E-state index in [0.29, 0.717) is 23.8 Å². The van der Waals surface area contributed by atoms with Crippen LogP contribution in [0.2, 0.25) is 0 Å². The maximum atomic E-state index is 12.6. The molecule has 158 valence electrons. The van der Waals surface area contributed by atoms with Gasteiger partial charge < -0.3 is 19.2 Å². The minimum Gasteiger partial charge on any atom is -0.444 e. The molecule has 7 nitrogen and oxygen atoms in total. The summed E-state index contributed by atoms with van der Waals surface area (Å²) >= 11 is 0. The first-order valence-corrected chi connectivity index (χ1v) is 9.85. The Hall–Kier alpha value is -3.35. The third-order valence-corrected chi connectivity index (χ3v) is 4.36. The molecule has 0 unspecified atom stereocenters. The number of rotatable bonds is 5. The number of esters is 1. The van der Waals surface area contributed by atoms with Gasteiger partial charge in [0.05, 0.1) is 5.39 Å². The second-order valence-electron chi connectivity index (χ2n) is 8.00. The van der Waals surface area contributed by atoms with Crippen LogP contribution in [0.25, 0.3) is 21.7 Å². The van der Waals surface area contributed by atoms with Gasteiger partial charge in [-0.3, -0.25) is 0 Å². The molecule has 0 aliphatic carbocycles. The van der Waals surface area contributed by atoms with Crippen molar-refractivity contribution in [1.29, 1.82) is 0 Å². The molecule has 0 radical (unpaired) electrons. The third kappa shape index (κ3) is 4.97. The molecule has 0 bridgehead atoms. The first kappa shape index (κ1) is 21.4. The fraction of sp³-hybridized carbons (Fsp3) is 0.348. The molecular weight excluding hydrogens is 386 g/mol. The maximum Gasteiger partial charge on any atom is 0.408 e. The molecule has 1 atom stereocenters. The van der Waals surface area contributed by atoms with E-state index in [1.165, 1.54) is 6.07 Å². The Kier molecular flexibility index (Phi) is 6.10. The van der Waals surface area contributed by atoms with Crippen LogP contribution >= 0.6 is 0 Å². The van der Waals surface area contributed by atoms with Gasteiger partial charge in [0, 0.05) is 11.5 Å². The molecule has 0 saturated heterocycles. The molecule has 0 aliphatic rings. The molecule has 0 aliphatic heterocycles. The fourth-order valence-corrected chi connectivity index (χ4v) is 3.10. The summed E-state index contributed by atoms with van der Waals surface area (Å²) in [4.78, 5) is 36.9. The van der Waals surface area contributed by atoms with E-state index in [9.17, 15) is 14.4 Å². The van der Waals surface area contributed by atoms with Gasteiger partial charge in [0.2, 0.25) is 0 Å². The molecule has 2 aromatic carbocycles. The highest BCUT2D eigenvalue weighted by Gasteiger charge is 2.25. The standard InChI is InChI=1S/C23H25NO6/c1-5-8-18(24-22(27)30-23(2,3)4)21(26)28-14-11-12-16-15-9-6-7-10-17(15)20(25)29-19(16)13-14/h6-7,9-13,18H,5,8H2,1-4H3,(H,24,27)/t18-/m1/s1. The second-order valence-corrected chi connectivity index (χ2v) is 8.00. The summed E-state index contributed by atoms with van der Waals surface area (Å²) in [5.74, 6) is -0.400. The zero-order chi connectivity index (χ0) is 21.9. The van der Waals surface area contributed by atoms with Gasteiger partial charge in [-0.25, -0.2) is 14.4 Å². The summed E-state index contributed by atoms with van der Waals surface area (Å²) in [6.45, 7) is 7.12. The highest BCUT2D eigenvalue weighted by molar-refractivity contribution is 6.04. The zero-order valence-electron chi connectivity index (χ0n) is 17.5. The van der Waals surface area contributed by atoms with Gasteiger partial charge in [-0.15, -0.1) is 0 Å². The number of amides is 1. The molecule has 30 heavy (non-hydrogen) atoms. The first-order valence-electron chi connectivity index (χ1n) is 9.85. The number of hydrogen-bond acceptors (Lipinski definition) is 6. The smallest absolute Gasteiger partial charge is 0.408 e. The summed E-state index contributed by atoms with van der Waals surface area (Å²) in [7, 11) is 0. The van der Waals surface area contributed by atoms with Crippen molar-refractivity contribution in [3.05, 3.63) is 52.9 Å². The SMILES string of the molecule is CCC[C@@H](NC(=O)OC(C)(C)C)C(=O)Oc1ccc2c(c1)oc(=O)c1ccccc12. The average molecular weight is 411 g/mol. The van der Waals surface area contributed by atoms with Crippen LogP contribution in [-0.4, -0.2) is 23.7 Å². The monoisotopic (exact) mass is 411 g/mol. The van der Waals surface area contributed by atoms with Crippen molar-refractivity contribution < 1.29 is 23.5 Å². The third-order valence-electron chi connectivity index (χ3n) is 4.36. The van der Waals surface area contributed by atoms with E-state index in [4.69, 9.17) is 13.9 Å². The van der Waals surface area contributed by atoms with Gasteiger partial charge in [0.15, 0.2) is 0 Å². The molecule has 3 rings (SSSR count). The number of alkyl carbamates (subject to hydrolysis) is 1. The van der Waals surface area contributed by atoms with Crippen LogP contribution < -0.4 is 15.7 Å². The van der Waals surface area contributed by atoms with E-state index in [-0.39, 0.29) is 5.75 Å². The molecule has 0 fully saturated rings. The lowest BCUT2D eigenvalue weighted by Crippen LogP contribution is -2.45. The van der Waals surface area contributed by atoms with Gasteiger partial charge in [-0.1, -0.05) is 31.5 Å². The van der Waals surface area contributed by atoms with E-state index in [2.05, 4.69) is 5.32 Å². The van der Waals surface area contributed by atoms with Crippen LogP contribution in [-0.2, 0) is 9.53 Å². The summed E-state index contributed by atoms with van der Waals surface area (Å²) in [6, 6.07) is 11.2. The molecule has 0 spiro atoms. The zero-order valence-corrected chi connectivity index (χ0v) is 17.5. The van der Waals surface area contributed by atoms with Crippen molar-refractivity contribution in [3.8, 4) is 5.75 Å². The molecule has 1 amide bonds. The van der Waals surface area contributed by atoms with Crippen molar-refractivity contribution in [2.24, 2.45) is 0 Å². The number of benzene rings is 2. The number of carbonyl (C=O) groups is 2. The topological polar surface area (TPSA) is 94.8 Å². The number of carbonyl (C=O) groups excluding carboxylic acids is 2.